The quantitative estimate of drug-likeness (QED) is 0.275. The van der Waals surface area contributed by atoms with Gasteiger partial charge in [0.25, 0.3) is 5.91 Å². The third kappa shape index (κ3) is 10.4. The molecule has 0 saturated carbocycles. The van der Waals surface area contributed by atoms with Gasteiger partial charge in [-0.3, -0.25) is 30.6 Å². The van der Waals surface area contributed by atoms with Gasteiger partial charge in [-0.2, -0.15) is 0 Å². The fraction of sp³-hybridized carbons (Fsp3) is 0.360. The lowest BCUT2D eigenvalue weighted by molar-refractivity contribution is -0.124. The molecule has 0 bridgehead atoms. The molecule has 0 atom stereocenters. The number of hydrogen-bond acceptors (Lipinski definition) is 6. The maximum absolute atomic E-state index is 12.6. The molecule has 9 nitrogen and oxygen atoms in total. The SMILES string of the molecule is CCOc1ccc(NC(=O)CCC(=O)NNC(=S)NC(=O)c2ccccc2OCCC(C)C)cc1. The first-order chi connectivity index (χ1) is 16.8. The molecule has 0 aliphatic carbocycles. The van der Waals surface area contributed by atoms with Crippen LogP contribution in [0.4, 0.5) is 5.69 Å². The topological polar surface area (TPSA) is 118 Å². The molecule has 0 heterocycles. The zero-order chi connectivity index (χ0) is 25.6. The summed E-state index contributed by atoms with van der Waals surface area (Å²) in [6.07, 6.45) is 0.764. The normalized spacial score (nSPS) is 10.3. The number of carbonyl (C=O) groups excluding carboxylic acids is 3. The molecule has 0 unspecified atom stereocenters. The van der Waals surface area contributed by atoms with Crippen LogP contribution >= 0.6 is 12.2 Å². The number of carbonyl (C=O) groups is 3. The second-order valence-corrected chi connectivity index (χ2v) is 8.40. The molecular formula is C25H32N4O5S. The molecule has 188 valence electrons. The lowest BCUT2D eigenvalue weighted by atomic mass is 10.1. The van der Waals surface area contributed by atoms with Crippen molar-refractivity contribution in [3.8, 4) is 11.5 Å². The van der Waals surface area contributed by atoms with Crippen molar-refractivity contribution < 1.29 is 23.9 Å². The van der Waals surface area contributed by atoms with Crippen molar-refractivity contribution in [2.45, 2.75) is 40.0 Å². The van der Waals surface area contributed by atoms with Crippen molar-refractivity contribution in [3.05, 3.63) is 54.1 Å². The Morgan fingerprint density at radius 1 is 0.914 bits per heavy atom. The Kier molecular flexibility index (Phi) is 11.5. The van der Waals surface area contributed by atoms with Crippen LogP contribution in [0.1, 0.15) is 50.4 Å². The van der Waals surface area contributed by atoms with Gasteiger partial charge >= 0.3 is 0 Å². The Labute approximate surface area is 210 Å². The van der Waals surface area contributed by atoms with Gasteiger partial charge in [0.2, 0.25) is 11.8 Å². The summed E-state index contributed by atoms with van der Waals surface area (Å²) in [5.74, 6) is 0.411. The molecule has 2 rings (SSSR count). The Morgan fingerprint density at radius 3 is 2.29 bits per heavy atom. The number of hydrazine groups is 1. The number of benzene rings is 2. The van der Waals surface area contributed by atoms with Gasteiger partial charge in [-0.25, -0.2) is 0 Å². The third-order valence-corrected chi connectivity index (χ3v) is 4.86. The molecule has 0 fully saturated rings. The van der Waals surface area contributed by atoms with Crippen molar-refractivity contribution in [1.82, 2.24) is 16.2 Å². The van der Waals surface area contributed by atoms with Gasteiger partial charge in [0, 0.05) is 18.5 Å². The number of amides is 3. The van der Waals surface area contributed by atoms with Crippen LogP contribution in [0.3, 0.4) is 0 Å². The molecule has 0 aromatic heterocycles. The Balaban J connectivity index is 1.72. The highest BCUT2D eigenvalue weighted by Crippen LogP contribution is 2.19. The number of para-hydroxylation sites is 1. The van der Waals surface area contributed by atoms with E-state index >= 15 is 0 Å². The summed E-state index contributed by atoms with van der Waals surface area (Å²) < 4.78 is 11.1. The summed E-state index contributed by atoms with van der Waals surface area (Å²) in [7, 11) is 0. The third-order valence-electron chi connectivity index (χ3n) is 4.66. The first kappa shape index (κ1) is 27.6. The van der Waals surface area contributed by atoms with Crippen molar-refractivity contribution in [2.24, 2.45) is 5.92 Å². The second-order valence-electron chi connectivity index (χ2n) is 7.99. The molecule has 2 aromatic rings. The molecule has 3 amide bonds. The molecule has 35 heavy (non-hydrogen) atoms. The molecule has 10 heteroatoms. The van der Waals surface area contributed by atoms with E-state index in [4.69, 9.17) is 21.7 Å². The first-order valence-corrected chi connectivity index (χ1v) is 11.8. The summed E-state index contributed by atoms with van der Waals surface area (Å²) in [5.41, 5.74) is 5.77. The molecule has 0 saturated heterocycles. The van der Waals surface area contributed by atoms with E-state index in [1.807, 2.05) is 6.92 Å². The summed E-state index contributed by atoms with van der Waals surface area (Å²) in [6.45, 7) is 7.12. The van der Waals surface area contributed by atoms with Crippen LogP contribution in [0.15, 0.2) is 48.5 Å². The fourth-order valence-corrected chi connectivity index (χ4v) is 2.97. The van der Waals surface area contributed by atoms with Crippen LogP contribution in [0.25, 0.3) is 0 Å². The average molecular weight is 501 g/mol. The summed E-state index contributed by atoms with van der Waals surface area (Å²) in [5, 5.41) is 5.13. The number of nitrogens with one attached hydrogen (secondary N) is 4. The lowest BCUT2D eigenvalue weighted by Crippen LogP contribution is -2.48. The zero-order valence-corrected chi connectivity index (χ0v) is 21.0. The number of ether oxygens (including phenoxy) is 2. The van der Waals surface area contributed by atoms with Gasteiger partial charge in [-0.1, -0.05) is 26.0 Å². The van der Waals surface area contributed by atoms with E-state index in [0.29, 0.717) is 41.9 Å². The van der Waals surface area contributed by atoms with Gasteiger partial charge in [0.15, 0.2) is 5.11 Å². The molecule has 0 radical (unpaired) electrons. The number of thiocarbonyl (C=S) groups is 1. The summed E-state index contributed by atoms with van der Waals surface area (Å²) >= 11 is 5.08. The Morgan fingerprint density at radius 2 is 1.60 bits per heavy atom. The predicted molar refractivity (Wildman–Crippen MR) is 138 cm³/mol. The fourth-order valence-electron chi connectivity index (χ4n) is 2.83. The van der Waals surface area contributed by atoms with Crippen LogP contribution in [0.2, 0.25) is 0 Å². The molecule has 2 aromatic carbocycles. The maximum atomic E-state index is 12.6. The van der Waals surface area contributed by atoms with E-state index in [9.17, 15) is 14.4 Å². The smallest absolute Gasteiger partial charge is 0.261 e. The van der Waals surface area contributed by atoms with Crippen LogP contribution in [-0.4, -0.2) is 36.0 Å². The average Bonchev–Trinajstić information content (AvgIpc) is 2.83. The van der Waals surface area contributed by atoms with Crippen LogP contribution in [0.5, 0.6) is 11.5 Å². The molecular weight excluding hydrogens is 468 g/mol. The van der Waals surface area contributed by atoms with Crippen LogP contribution in [-0.2, 0) is 9.59 Å². The maximum Gasteiger partial charge on any atom is 0.261 e. The minimum absolute atomic E-state index is 0.0268. The minimum Gasteiger partial charge on any atom is -0.494 e. The van der Waals surface area contributed by atoms with Crippen LogP contribution in [0, 0.1) is 5.92 Å². The summed E-state index contributed by atoms with van der Waals surface area (Å²) in [6, 6.07) is 13.8. The zero-order valence-electron chi connectivity index (χ0n) is 20.2. The van der Waals surface area contributed by atoms with Gasteiger partial charge in [0.05, 0.1) is 18.8 Å². The number of rotatable bonds is 11. The van der Waals surface area contributed by atoms with E-state index in [-0.39, 0.29) is 23.9 Å². The largest absolute Gasteiger partial charge is 0.494 e. The van der Waals surface area contributed by atoms with Gasteiger partial charge < -0.3 is 14.8 Å². The van der Waals surface area contributed by atoms with E-state index < -0.39 is 11.8 Å². The number of hydrogen-bond donors (Lipinski definition) is 4. The number of anilines is 1. The Bertz CT molecular complexity index is 1010. The van der Waals surface area contributed by atoms with Crippen molar-refractivity contribution >= 4 is 40.7 Å². The van der Waals surface area contributed by atoms with Gasteiger partial charge in [0.1, 0.15) is 11.5 Å². The van der Waals surface area contributed by atoms with Crippen molar-refractivity contribution in [1.29, 1.82) is 0 Å². The predicted octanol–water partition coefficient (Wildman–Crippen LogP) is 3.56. The summed E-state index contributed by atoms with van der Waals surface area (Å²) in [4.78, 5) is 36.7. The van der Waals surface area contributed by atoms with E-state index in [1.54, 1.807) is 48.5 Å². The molecule has 4 N–H and O–H groups in total. The van der Waals surface area contributed by atoms with E-state index in [1.165, 1.54) is 0 Å². The Hall–Kier alpha value is -3.66. The van der Waals surface area contributed by atoms with Crippen molar-refractivity contribution in [2.75, 3.05) is 18.5 Å². The highest BCUT2D eigenvalue weighted by Gasteiger charge is 2.14. The molecule has 0 aliphatic rings. The lowest BCUT2D eigenvalue weighted by Gasteiger charge is -2.14. The minimum atomic E-state index is -0.466. The van der Waals surface area contributed by atoms with Gasteiger partial charge in [-0.15, -0.1) is 0 Å². The van der Waals surface area contributed by atoms with Gasteiger partial charge in [-0.05, 0) is 67.9 Å². The second kappa shape index (κ2) is 14.6. The highest BCUT2D eigenvalue weighted by molar-refractivity contribution is 7.80. The molecule has 0 aliphatic heterocycles. The van der Waals surface area contributed by atoms with Crippen molar-refractivity contribution in [3.63, 3.8) is 0 Å². The monoisotopic (exact) mass is 500 g/mol. The first-order valence-electron chi connectivity index (χ1n) is 11.4. The highest BCUT2D eigenvalue weighted by atomic mass is 32.1. The van der Waals surface area contributed by atoms with Crippen LogP contribution < -0.4 is 31.0 Å². The van der Waals surface area contributed by atoms with E-state index in [2.05, 4.69) is 35.3 Å². The standard InChI is InChI=1S/C25H32N4O5S/c1-4-33-19-11-9-18(10-12-19)26-22(30)13-14-23(31)28-29-25(35)27-24(32)20-7-5-6-8-21(20)34-16-15-17(2)3/h5-12,17H,4,13-16H2,1-3H3,(H,26,30)(H,28,31)(H2,27,29,32,35). The molecule has 0 spiro atoms. The van der Waals surface area contributed by atoms with E-state index in [0.717, 1.165) is 6.42 Å².